The lowest BCUT2D eigenvalue weighted by molar-refractivity contribution is -0.120. The highest BCUT2D eigenvalue weighted by molar-refractivity contribution is 8.01. The Kier molecular flexibility index (Phi) is 10.7. The third kappa shape index (κ3) is 8.71. The smallest absolute Gasteiger partial charge is 0.410 e. The molecule has 0 aliphatic carbocycles. The summed E-state index contributed by atoms with van der Waals surface area (Å²) in [4.78, 5) is 58.9. The van der Waals surface area contributed by atoms with Gasteiger partial charge in [0.2, 0.25) is 5.91 Å². The summed E-state index contributed by atoms with van der Waals surface area (Å²) in [6.45, 7) is 14.7. The number of nitrogens with one attached hydrogen (secondary N) is 1. The summed E-state index contributed by atoms with van der Waals surface area (Å²) >= 11 is 1.46. The number of rotatable bonds is 8. The quantitative estimate of drug-likeness (QED) is 0.373. The maximum absolute atomic E-state index is 14.1. The van der Waals surface area contributed by atoms with Crippen molar-refractivity contribution in [2.45, 2.75) is 95.2 Å². The first-order valence-corrected chi connectivity index (χ1v) is 16.4. The first-order valence-electron chi connectivity index (χ1n) is 15.6. The van der Waals surface area contributed by atoms with Gasteiger partial charge in [-0.25, -0.2) is 9.59 Å². The van der Waals surface area contributed by atoms with Crippen LogP contribution in [0.3, 0.4) is 0 Å². The van der Waals surface area contributed by atoms with Gasteiger partial charge in [-0.05, 0) is 85.1 Å². The molecule has 2 aliphatic rings. The SMILES string of the molecule is CC(C)N(C(=O)c1ccc2c(c1)N(CCNC(=O)OCc1ccccc1)C(=O)C(C)(C)S2)[C@@H]1CCCN(C(=O)OC(C)(C)C)C1. The van der Waals surface area contributed by atoms with Gasteiger partial charge < -0.3 is 29.5 Å². The van der Waals surface area contributed by atoms with Crippen molar-refractivity contribution in [1.82, 2.24) is 15.1 Å². The van der Waals surface area contributed by atoms with Gasteiger partial charge in [-0.15, -0.1) is 11.8 Å². The molecule has 2 aliphatic heterocycles. The Morgan fingerprint density at radius 3 is 2.49 bits per heavy atom. The van der Waals surface area contributed by atoms with Gasteiger partial charge >= 0.3 is 12.2 Å². The number of hydrogen-bond acceptors (Lipinski definition) is 7. The van der Waals surface area contributed by atoms with E-state index < -0.39 is 16.4 Å². The minimum Gasteiger partial charge on any atom is -0.445 e. The summed E-state index contributed by atoms with van der Waals surface area (Å²) in [6, 6.07) is 14.6. The Labute approximate surface area is 270 Å². The second kappa shape index (κ2) is 14.1. The Morgan fingerprint density at radius 2 is 1.82 bits per heavy atom. The molecule has 11 heteroatoms. The van der Waals surface area contributed by atoms with Crippen LogP contribution in [-0.2, 0) is 20.9 Å². The minimum atomic E-state index is -0.719. The van der Waals surface area contributed by atoms with E-state index in [1.807, 2.05) is 89.8 Å². The number of anilines is 1. The normalized spacial score (nSPS) is 17.9. The van der Waals surface area contributed by atoms with Crippen LogP contribution in [0.25, 0.3) is 0 Å². The second-order valence-corrected chi connectivity index (χ2v) is 14.9. The van der Waals surface area contributed by atoms with Crippen molar-refractivity contribution in [1.29, 1.82) is 0 Å². The minimum absolute atomic E-state index is 0.106. The van der Waals surface area contributed by atoms with Gasteiger partial charge in [-0.1, -0.05) is 30.3 Å². The number of fused-ring (bicyclic) bond motifs is 1. The maximum atomic E-state index is 14.1. The molecule has 1 atom stereocenters. The lowest BCUT2D eigenvalue weighted by Crippen LogP contribution is -2.54. The lowest BCUT2D eigenvalue weighted by atomic mass is 10.0. The number of ether oxygens (including phenoxy) is 2. The molecule has 10 nitrogen and oxygen atoms in total. The predicted molar refractivity (Wildman–Crippen MR) is 175 cm³/mol. The van der Waals surface area contributed by atoms with E-state index in [4.69, 9.17) is 9.47 Å². The van der Waals surface area contributed by atoms with Crippen LogP contribution in [0.15, 0.2) is 53.4 Å². The number of nitrogens with zero attached hydrogens (tertiary/aromatic N) is 3. The van der Waals surface area contributed by atoms with E-state index in [1.165, 1.54) is 11.8 Å². The largest absolute Gasteiger partial charge is 0.445 e. The Hall–Kier alpha value is -3.73. The molecule has 4 rings (SSSR count). The molecule has 4 amide bonds. The molecule has 244 valence electrons. The molecule has 2 aromatic carbocycles. The monoisotopic (exact) mass is 638 g/mol. The maximum Gasteiger partial charge on any atom is 0.410 e. The Morgan fingerprint density at radius 1 is 1.11 bits per heavy atom. The van der Waals surface area contributed by atoms with Crippen molar-refractivity contribution in [3.05, 3.63) is 59.7 Å². The first kappa shape index (κ1) is 34.1. The van der Waals surface area contributed by atoms with E-state index in [9.17, 15) is 19.2 Å². The zero-order chi connectivity index (χ0) is 32.9. The van der Waals surface area contributed by atoms with Gasteiger partial charge in [0.05, 0.1) is 16.5 Å². The molecule has 0 bridgehead atoms. The molecule has 0 saturated carbocycles. The van der Waals surface area contributed by atoms with Crippen molar-refractivity contribution in [3.63, 3.8) is 0 Å². The van der Waals surface area contributed by atoms with Crippen LogP contribution in [0.1, 0.15) is 77.2 Å². The molecule has 45 heavy (non-hydrogen) atoms. The first-order chi connectivity index (χ1) is 21.2. The second-order valence-electron chi connectivity index (χ2n) is 13.3. The van der Waals surface area contributed by atoms with Crippen molar-refractivity contribution in [2.75, 3.05) is 31.1 Å². The van der Waals surface area contributed by atoms with Gasteiger partial charge in [-0.3, -0.25) is 9.59 Å². The van der Waals surface area contributed by atoms with Gasteiger partial charge in [0.15, 0.2) is 0 Å². The molecule has 0 radical (unpaired) electrons. The van der Waals surface area contributed by atoms with E-state index in [-0.39, 0.29) is 49.7 Å². The fraction of sp³-hybridized carbons (Fsp3) is 0.529. The van der Waals surface area contributed by atoms with Crippen LogP contribution < -0.4 is 10.2 Å². The lowest BCUT2D eigenvalue weighted by Gasteiger charge is -2.42. The van der Waals surface area contributed by atoms with Crippen molar-refractivity contribution in [2.24, 2.45) is 0 Å². The summed E-state index contributed by atoms with van der Waals surface area (Å²) in [5.74, 6) is -0.265. The number of carbonyl (C=O) groups excluding carboxylic acids is 4. The molecule has 1 fully saturated rings. The van der Waals surface area contributed by atoms with E-state index in [0.717, 1.165) is 23.3 Å². The summed E-state index contributed by atoms with van der Waals surface area (Å²) in [7, 11) is 0. The van der Waals surface area contributed by atoms with Crippen molar-refractivity contribution in [3.8, 4) is 0 Å². The van der Waals surface area contributed by atoms with Crippen LogP contribution in [0.4, 0.5) is 15.3 Å². The average molecular weight is 639 g/mol. The summed E-state index contributed by atoms with van der Waals surface area (Å²) < 4.78 is 10.2. The number of alkyl carbamates (subject to hydrolysis) is 1. The zero-order valence-electron chi connectivity index (χ0n) is 27.4. The highest BCUT2D eigenvalue weighted by Crippen LogP contribution is 2.45. The number of carbonyl (C=O) groups is 4. The van der Waals surface area contributed by atoms with Crippen LogP contribution in [0, 0.1) is 0 Å². The zero-order valence-corrected chi connectivity index (χ0v) is 28.2. The van der Waals surface area contributed by atoms with Crippen LogP contribution in [-0.4, -0.2) is 82.4 Å². The van der Waals surface area contributed by atoms with Crippen molar-refractivity contribution >= 4 is 41.5 Å². The van der Waals surface area contributed by atoms with Crippen molar-refractivity contribution < 1.29 is 28.7 Å². The topological polar surface area (TPSA) is 108 Å². The summed E-state index contributed by atoms with van der Waals surface area (Å²) in [6.07, 6.45) is 0.596. The van der Waals surface area contributed by atoms with E-state index in [2.05, 4.69) is 5.32 Å². The Bertz CT molecular complexity index is 1390. The number of likely N-dealkylation sites (tertiary alicyclic amines) is 1. The predicted octanol–water partition coefficient (Wildman–Crippen LogP) is 6.08. The standard InChI is InChI=1S/C34H46N4O6S/c1-23(2)38(26-14-11-18-36(21-26)32(42)44-33(3,4)5)29(39)25-15-16-28-27(20-25)37(30(40)34(6,7)45-28)19-17-35-31(41)43-22-24-12-9-8-10-13-24/h8-10,12-13,15-16,20,23,26H,11,14,17-19,21-22H2,1-7H3,(H,35,41)/t26-/m1/s1. The number of hydrogen-bond donors (Lipinski definition) is 1. The number of amides is 4. The molecular weight excluding hydrogens is 592 g/mol. The molecule has 2 heterocycles. The molecule has 0 aromatic heterocycles. The summed E-state index contributed by atoms with van der Waals surface area (Å²) in [5, 5.41) is 2.74. The third-order valence-electron chi connectivity index (χ3n) is 7.67. The molecule has 1 saturated heterocycles. The van der Waals surface area contributed by atoms with Gasteiger partial charge in [0.1, 0.15) is 12.2 Å². The van der Waals surface area contributed by atoms with Crippen LogP contribution in [0.5, 0.6) is 0 Å². The number of benzene rings is 2. The van der Waals surface area contributed by atoms with E-state index in [1.54, 1.807) is 21.9 Å². The van der Waals surface area contributed by atoms with Crippen LogP contribution >= 0.6 is 11.8 Å². The van der Waals surface area contributed by atoms with Gasteiger partial charge in [0.25, 0.3) is 5.91 Å². The third-order valence-corrected chi connectivity index (χ3v) is 8.92. The summed E-state index contributed by atoms with van der Waals surface area (Å²) in [5.41, 5.74) is 1.38. The highest BCUT2D eigenvalue weighted by Gasteiger charge is 2.41. The molecule has 1 N–H and O–H groups in total. The van der Waals surface area contributed by atoms with E-state index >= 15 is 0 Å². The van der Waals surface area contributed by atoms with Crippen LogP contribution in [0.2, 0.25) is 0 Å². The number of piperidine rings is 1. The molecule has 0 unspecified atom stereocenters. The van der Waals surface area contributed by atoms with E-state index in [0.29, 0.717) is 24.3 Å². The Balaban J connectivity index is 1.49. The molecule has 0 spiro atoms. The number of thioether (sulfide) groups is 1. The van der Waals surface area contributed by atoms with Gasteiger partial charge in [-0.2, -0.15) is 0 Å². The fourth-order valence-corrected chi connectivity index (χ4v) is 6.77. The fourth-order valence-electron chi connectivity index (χ4n) is 5.61. The average Bonchev–Trinajstić information content (AvgIpc) is 2.97. The van der Waals surface area contributed by atoms with Gasteiger partial charge in [0, 0.05) is 42.7 Å². The molecular formula is C34H46N4O6S. The highest BCUT2D eigenvalue weighted by atomic mass is 32.2. The molecule has 2 aromatic rings.